The number of aryl methyl sites for hydroxylation is 1. The Labute approximate surface area is 91.5 Å². The molecule has 0 N–H and O–H groups in total. The summed E-state index contributed by atoms with van der Waals surface area (Å²) in [6, 6.07) is 7.73. The second kappa shape index (κ2) is 6.08. The minimum Gasteiger partial charge on any atom is -0.494 e. The molecule has 0 heterocycles. The van der Waals surface area contributed by atoms with Crippen LogP contribution in [0.4, 0.5) is 0 Å². The molecule has 0 amide bonds. The van der Waals surface area contributed by atoms with Crippen LogP contribution < -0.4 is 4.74 Å². The molecule has 1 aromatic carbocycles. The zero-order valence-electron chi connectivity index (χ0n) is 9.42. The Morgan fingerprint density at radius 3 is 2.73 bits per heavy atom. The van der Waals surface area contributed by atoms with Gasteiger partial charge in [-0.1, -0.05) is 19.8 Å². The van der Waals surface area contributed by atoms with Crippen molar-refractivity contribution in [3.63, 3.8) is 0 Å². The Kier molecular flexibility index (Phi) is 4.70. The molecule has 2 heteroatoms. The first-order chi connectivity index (χ1) is 7.27. The third-order valence-electron chi connectivity index (χ3n) is 2.33. The topological polar surface area (TPSA) is 33.0 Å². The largest absolute Gasteiger partial charge is 0.494 e. The highest BCUT2D eigenvalue weighted by molar-refractivity contribution is 5.41. The minimum absolute atomic E-state index is 0.718. The lowest BCUT2D eigenvalue weighted by Crippen LogP contribution is -1.97. The van der Waals surface area contributed by atoms with Crippen molar-refractivity contribution in [1.29, 1.82) is 5.26 Å². The van der Waals surface area contributed by atoms with E-state index >= 15 is 0 Å². The number of hydrogen-bond acceptors (Lipinski definition) is 2. The summed E-state index contributed by atoms with van der Waals surface area (Å²) in [6.45, 7) is 4.86. The number of hydrogen-bond donors (Lipinski definition) is 0. The fraction of sp³-hybridized carbons (Fsp3) is 0.462. The van der Waals surface area contributed by atoms with Crippen LogP contribution >= 0.6 is 0 Å². The van der Waals surface area contributed by atoms with Crippen molar-refractivity contribution < 1.29 is 4.74 Å². The molecule has 1 rings (SSSR count). The van der Waals surface area contributed by atoms with Gasteiger partial charge in [0.25, 0.3) is 0 Å². The number of ether oxygens (including phenoxy) is 1. The Morgan fingerprint density at radius 1 is 1.33 bits per heavy atom. The zero-order valence-corrected chi connectivity index (χ0v) is 9.42. The summed E-state index contributed by atoms with van der Waals surface area (Å²) >= 11 is 0. The molecule has 0 bridgehead atoms. The average molecular weight is 203 g/mol. The van der Waals surface area contributed by atoms with Crippen LogP contribution in [0.2, 0.25) is 0 Å². The van der Waals surface area contributed by atoms with Crippen molar-refractivity contribution in [2.24, 2.45) is 0 Å². The van der Waals surface area contributed by atoms with Gasteiger partial charge in [-0.25, -0.2) is 0 Å². The molecule has 2 nitrogen and oxygen atoms in total. The zero-order chi connectivity index (χ0) is 11.1. The molecule has 0 fully saturated rings. The van der Waals surface area contributed by atoms with E-state index in [9.17, 15) is 0 Å². The summed E-state index contributed by atoms with van der Waals surface area (Å²) in [5.41, 5.74) is 1.70. The summed E-state index contributed by atoms with van der Waals surface area (Å²) in [6.07, 6.45) is 3.50. The van der Waals surface area contributed by atoms with E-state index in [4.69, 9.17) is 10.00 Å². The SMILES string of the molecule is CCCCCOc1ccc(C#N)c(C)c1. The van der Waals surface area contributed by atoms with Crippen molar-refractivity contribution in [2.75, 3.05) is 6.61 Å². The van der Waals surface area contributed by atoms with E-state index in [0.29, 0.717) is 0 Å². The molecule has 1 aromatic rings. The quantitative estimate of drug-likeness (QED) is 0.687. The molecule has 0 aliphatic carbocycles. The molecule has 0 radical (unpaired) electrons. The maximum atomic E-state index is 8.76. The maximum absolute atomic E-state index is 8.76. The molecule has 0 aliphatic heterocycles. The summed E-state index contributed by atoms with van der Waals surface area (Å²) in [5, 5.41) is 8.76. The number of benzene rings is 1. The van der Waals surface area contributed by atoms with Gasteiger partial charge in [-0.2, -0.15) is 5.26 Å². The summed E-state index contributed by atoms with van der Waals surface area (Å²) in [4.78, 5) is 0. The molecule has 0 atom stereocenters. The van der Waals surface area contributed by atoms with Crippen LogP contribution in [0.25, 0.3) is 0 Å². The molecule has 15 heavy (non-hydrogen) atoms. The van der Waals surface area contributed by atoms with Gasteiger partial charge in [0.2, 0.25) is 0 Å². The third-order valence-corrected chi connectivity index (χ3v) is 2.33. The predicted molar refractivity (Wildman–Crippen MR) is 60.9 cm³/mol. The first kappa shape index (κ1) is 11.6. The van der Waals surface area contributed by atoms with Crippen molar-refractivity contribution in [3.05, 3.63) is 29.3 Å². The number of rotatable bonds is 5. The second-order valence-electron chi connectivity index (χ2n) is 3.64. The lowest BCUT2D eigenvalue weighted by Gasteiger charge is -2.06. The van der Waals surface area contributed by atoms with E-state index in [1.807, 2.05) is 25.1 Å². The van der Waals surface area contributed by atoms with Gasteiger partial charge >= 0.3 is 0 Å². The predicted octanol–water partition coefficient (Wildman–Crippen LogP) is 3.44. The van der Waals surface area contributed by atoms with Crippen molar-refractivity contribution in [1.82, 2.24) is 0 Å². The van der Waals surface area contributed by atoms with E-state index < -0.39 is 0 Å². The highest BCUT2D eigenvalue weighted by Crippen LogP contribution is 2.16. The molecule has 0 saturated heterocycles. The van der Waals surface area contributed by atoms with Crippen molar-refractivity contribution in [2.45, 2.75) is 33.1 Å². The summed E-state index contributed by atoms with van der Waals surface area (Å²) < 4.78 is 5.58. The first-order valence-electron chi connectivity index (χ1n) is 5.41. The van der Waals surface area contributed by atoms with E-state index in [-0.39, 0.29) is 0 Å². The van der Waals surface area contributed by atoms with Crippen LogP contribution in [0.3, 0.4) is 0 Å². The van der Waals surface area contributed by atoms with Crippen LogP contribution in [0.15, 0.2) is 18.2 Å². The molecule has 0 unspecified atom stereocenters. The molecular formula is C13H17NO. The van der Waals surface area contributed by atoms with E-state index in [1.54, 1.807) is 0 Å². The van der Waals surface area contributed by atoms with Gasteiger partial charge in [0, 0.05) is 0 Å². The van der Waals surface area contributed by atoms with Crippen LogP contribution in [-0.2, 0) is 0 Å². The Morgan fingerprint density at radius 2 is 2.13 bits per heavy atom. The number of nitriles is 1. The van der Waals surface area contributed by atoms with Crippen LogP contribution in [-0.4, -0.2) is 6.61 Å². The van der Waals surface area contributed by atoms with E-state index in [2.05, 4.69) is 13.0 Å². The molecular weight excluding hydrogens is 186 g/mol. The Bertz CT molecular complexity index is 352. The first-order valence-corrected chi connectivity index (χ1v) is 5.41. The van der Waals surface area contributed by atoms with Gasteiger partial charge in [0.05, 0.1) is 18.2 Å². The van der Waals surface area contributed by atoms with Crippen LogP contribution in [0, 0.1) is 18.3 Å². The summed E-state index contributed by atoms with van der Waals surface area (Å²) in [7, 11) is 0. The third kappa shape index (κ3) is 3.63. The Balaban J connectivity index is 2.49. The van der Waals surface area contributed by atoms with E-state index in [1.165, 1.54) is 12.8 Å². The molecule has 80 valence electrons. The van der Waals surface area contributed by atoms with Gasteiger partial charge in [-0.15, -0.1) is 0 Å². The van der Waals surface area contributed by atoms with Gasteiger partial charge < -0.3 is 4.74 Å². The maximum Gasteiger partial charge on any atom is 0.119 e. The van der Waals surface area contributed by atoms with Gasteiger partial charge in [0.15, 0.2) is 0 Å². The summed E-state index contributed by atoms with van der Waals surface area (Å²) in [5.74, 6) is 0.864. The lowest BCUT2D eigenvalue weighted by atomic mass is 10.1. The number of unbranched alkanes of at least 4 members (excludes halogenated alkanes) is 2. The smallest absolute Gasteiger partial charge is 0.119 e. The molecule has 0 spiro atoms. The second-order valence-corrected chi connectivity index (χ2v) is 3.64. The lowest BCUT2D eigenvalue weighted by molar-refractivity contribution is 0.306. The van der Waals surface area contributed by atoms with Crippen LogP contribution in [0.1, 0.15) is 37.3 Å². The highest BCUT2D eigenvalue weighted by atomic mass is 16.5. The highest BCUT2D eigenvalue weighted by Gasteiger charge is 1.99. The minimum atomic E-state index is 0.718. The normalized spacial score (nSPS) is 9.67. The molecule has 0 aromatic heterocycles. The van der Waals surface area contributed by atoms with Gasteiger partial charge in [-0.3, -0.25) is 0 Å². The van der Waals surface area contributed by atoms with Gasteiger partial charge in [0.1, 0.15) is 5.75 Å². The molecule has 0 aliphatic rings. The fourth-order valence-corrected chi connectivity index (χ4v) is 1.39. The monoisotopic (exact) mass is 203 g/mol. The van der Waals surface area contributed by atoms with Crippen LogP contribution in [0.5, 0.6) is 5.75 Å². The Hall–Kier alpha value is -1.49. The van der Waals surface area contributed by atoms with Gasteiger partial charge in [-0.05, 0) is 37.1 Å². The standard InChI is InChI=1S/C13H17NO/c1-3-4-5-8-15-13-7-6-12(10-14)11(2)9-13/h6-7,9H,3-5,8H2,1-2H3. The molecule has 0 saturated carbocycles. The average Bonchev–Trinajstić information content (AvgIpc) is 2.25. The fourth-order valence-electron chi connectivity index (χ4n) is 1.39. The van der Waals surface area contributed by atoms with E-state index in [0.717, 1.165) is 29.9 Å². The van der Waals surface area contributed by atoms with Crippen molar-refractivity contribution in [3.8, 4) is 11.8 Å². The van der Waals surface area contributed by atoms with Crippen molar-refractivity contribution >= 4 is 0 Å². The number of nitrogens with zero attached hydrogens (tertiary/aromatic N) is 1.